The summed E-state index contributed by atoms with van der Waals surface area (Å²) in [4.78, 5) is 11.1. The molecule has 0 saturated heterocycles. The van der Waals surface area contributed by atoms with Crippen LogP contribution in [0, 0.1) is 5.41 Å². The van der Waals surface area contributed by atoms with Crippen molar-refractivity contribution in [3.63, 3.8) is 0 Å². The predicted molar refractivity (Wildman–Crippen MR) is 56.5 cm³/mol. The van der Waals surface area contributed by atoms with Gasteiger partial charge in [0.2, 0.25) is 0 Å². The number of esters is 1. The summed E-state index contributed by atoms with van der Waals surface area (Å²) in [5, 5.41) is 7.46. The maximum Gasteiger partial charge on any atom is 0.417 e. The molecule has 1 rings (SSSR count). The third-order valence-corrected chi connectivity index (χ3v) is 2.21. The van der Waals surface area contributed by atoms with Crippen molar-refractivity contribution in [3.05, 3.63) is 29.4 Å². The molecule has 0 aromatic carbocycles. The Balaban J connectivity index is 2.82. The lowest BCUT2D eigenvalue weighted by atomic mass is 10.2. The molecule has 1 N–H and O–H groups in total. The highest BCUT2D eigenvalue weighted by Gasteiger charge is 2.30. The molecule has 0 spiro atoms. The molecule has 0 fully saturated rings. The van der Waals surface area contributed by atoms with Crippen molar-refractivity contribution in [2.75, 3.05) is 6.61 Å². The van der Waals surface area contributed by atoms with E-state index in [1.807, 2.05) is 0 Å². The minimum atomic E-state index is -4.46. The Morgan fingerprint density at radius 2 is 2.11 bits per heavy atom. The number of nitrogens with one attached hydrogen (secondary N) is 1. The van der Waals surface area contributed by atoms with Crippen LogP contribution in [-0.4, -0.2) is 17.1 Å². The molecule has 1 aromatic heterocycles. The first-order chi connectivity index (χ1) is 8.34. The SMILES string of the molecule is CCOC(=O)CCn1cc(C(F)(F)F)ccc1=N. The van der Waals surface area contributed by atoms with Gasteiger partial charge >= 0.3 is 12.1 Å². The van der Waals surface area contributed by atoms with Crippen LogP contribution in [0.1, 0.15) is 18.9 Å². The molecule has 0 saturated carbocycles. The Morgan fingerprint density at radius 3 is 2.67 bits per heavy atom. The number of aryl methyl sites for hydroxylation is 1. The number of hydrogen-bond acceptors (Lipinski definition) is 3. The topological polar surface area (TPSA) is 55.1 Å². The van der Waals surface area contributed by atoms with Gasteiger partial charge in [-0.3, -0.25) is 10.2 Å². The second kappa shape index (κ2) is 5.70. The molecule has 0 aliphatic heterocycles. The first-order valence-electron chi connectivity index (χ1n) is 5.32. The van der Waals surface area contributed by atoms with Gasteiger partial charge in [0.05, 0.1) is 18.6 Å². The fraction of sp³-hybridized carbons (Fsp3) is 0.455. The van der Waals surface area contributed by atoms with Gasteiger partial charge in [0.15, 0.2) is 0 Å². The normalized spacial score (nSPS) is 11.3. The first-order valence-corrected chi connectivity index (χ1v) is 5.32. The standard InChI is InChI=1S/C11H13F3N2O2/c1-2-18-10(17)5-6-16-7-8(11(12,13)14)3-4-9(16)15/h3-4,7,15H,2,5-6H2,1H3. The fourth-order valence-electron chi connectivity index (χ4n) is 1.34. The third-order valence-electron chi connectivity index (χ3n) is 2.21. The molecule has 0 aliphatic carbocycles. The number of carbonyl (C=O) groups is 1. The minimum absolute atomic E-state index is 0.0123. The van der Waals surface area contributed by atoms with E-state index in [0.717, 1.165) is 22.9 Å². The van der Waals surface area contributed by atoms with Crippen molar-refractivity contribution in [1.82, 2.24) is 4.57 Å². The largest absolute Gasteiger partial charge is 0.466 e. The number of carbonyl (C=O) groups excluding carboxylic acids is 1. The highest BCUT2D eigenvalue weighted by molar-refractivity contribution is 5.69. The van der Waals surface area contributed by atoms with Gasteiger partial charge in [-0.15, -0.1) is 0 Å². The number of nitrogens with zero attached hydrogens (tertiary/aromatic N) is 1. The number of alkyl halides is 3. The maximum absolute atomic E-state index is 12.5. The summed E-state index contributed by atoms with van der Waals surface area (Å²) in [5.74, 6) is -0.498. The van der Waals surface area contributed by atoms with Gasteiger partial charge in [0, 0.05) is 12.7 Å². The molecule has 18 heavy (non-hydrogen) atoms. The van der Waals surface area contributed by atoms with Crippen molar-refractivity contribution in [3.8, 4) is 0 Å². The molecule has 0 atom stereocenters. The van der Waals surface area contributed by atoms with Crippen LogP contribution in [-0.2, 0) is 22.3 Å². The van der Waals surface area contributed by atoms with Crippen LogP contribution in [0.15, 0.2) is 18.3 Å². The number of rotatable bonds is 4. The van der Waals surface area contributed by atoms with Crippen molar-refractivity contribution in [2.24, 2.45) is 0 Å². The summed E-state index contributed by atoms with van der Waals surface area (Å²) in [6.45, 7) is 1.85. The van der Waals surface area contributed by atoms with Crippen LogP contribution in [0.3, 0.4) is 0 Å². The maximum atomic E-state index is 12.5. The Kier molecular flexibility index (Phi) is 4.52. The second-order valence-electron chi connectivity index (χ2n) is 3.55. The van der Waals surface area contributed by atoms with Gasteiger partial charge in [-0.05, 0) is 19.1 Å². The average Bonchev–Trinajstić information content (AvgIpc) is 2.26. The van der Waals surface area contributed by atoms with Crippen molar-refractivity contribution < 1.29 is 22.7 Å². The zero-order chi connectivity index (χ0) is 13.8. The summed E-state index contributed by atoms with van der Waals surface area (Å²) in [6, 6.07) is 1.89. The van der Waals surface area contributed by atoms with Gasteiger partial charge < -0.3 is 9.30 Å². The molecule has 7 heteroatoms. The van der Waals surface area contributed by atoms with E-state index in [1.54, 1.807) is 6.92 Å². The summed E-state index contributed by atoms with van der Waals surface area (Å²) in [7, 11) is 0. The van der Waals surface area contributed by atoms with E-state index in [2.05, 4.69) is 4.74 Å². The molecule has 0 amide bonds. The number of halogens is 3. The highest BCUT2D eigenvalue weighted by atomic mass is 19.4. The van der Waals surface area contributed by atoms with Gasteiger partial charge in [-0.1, -0.05) is 0 Å². The molecule has 100 valence electrons. The van der Waals surface area contributed by atoms with E-state index < -0.39 is 17.7 Å². The molecule has 0 aliphatic rings. The van der Waals surface area contributed by atoms with Crippen molar-refractivity contribution in [1.29, 1.82) is 5.41 Å². The number of pyridine rings is 1. The van der Waals surface area contributed by atoms with Gasteiger partial charge in [-0.2, -0.15) is 13.2 Å². The average molecular weight is 262 g/mol. The highest BCUT2D eigenvalue weighted by Crippen LogP contribution is 2.27. The monoisotopic (exact) mass is 262 g/mol. The molecular formula is C11H13F3N2O2. The summed E-state index contributed by atoms with van der Waals surface area (Å²) in [5.41, 5.74) is -0.936. The molecular weight excluding hydrogens is 249 g/mol. The van der Waals surface area contributed by atoms with Crippen LogP contribution in [0.25, 0.3) is 0 Å². The first kappa shape index (κ1) is 14.3. The van der Waals surface area contributed by atoms with Gasteiger partial charge in [-0.25, -0.2) is 0 Å². The van der Waals surface area contributed by atoms with Crippen LogP contribution < -0.4 is 5.49 Å². The molecule has 1 heterocycles. The zero-order valence-electron chi connectivity index (χ0n) is 9.75. The zero-order valence-corrected chi connectivity index (χ0v) is 9.75. The number of aromatic nitrogens is 1. The number of ether oxygens (including phenoxy) is 1. The summed E-state index contributed by atoms with van der Waals surface area (Å²) < 4.78 is 43.1. The van der Waals surface area contributed by atoms with Crippen LogP contribution in [0.2, 0.25) is 0 Å². The van der Waals surface area contributed by atoms with E-state index in [1.165, 1.54) is 0 Å². The summed E-state index contributed by atoms with van der Waals surface area (Å²) >= 11 is 0. The smallest absolute Gasteiger partial charge is 0.417 e. The third kappa shape index (κ3) is 3.90. The lowest BCUT2D eigenvalue weighted by molar-refractivity contribution is -0.143. The summed E-state index contributed by atoms with van der Waals surface area (Å²) in [6.07, 6.45) is -3.70. The van der Waals surface area contributed by atoms with E-state index in [-0.39, 0.29) is 25.1 Å². The molecule has 0 radical (unpaired) electrons. The van der Waals surface area contributed by atoms with Crippen LogP contribution in [0.5, 0.6) is 0 Å². The van der Waals surface area contributed by atoms with Gasteiger partial charge in [0.25, 0.3) is 0 Å². The van der Waals surface area contributed by atoms with E-state index in [4.69, 9.17) is 5.41 Å². The lowest BCUT2D eigenvalue weighted by Crippen LogP contribution is -2.23. The molecule has 4 nitrogen and oxygen atoms in total. The van der Waals surface area contributed by atoms with E-state index in [9.17, 15) is 18.0 Å². The van der Waals surface area contributed by atoms with E-state index >= 15 is 0 Å². The van der Waals surface area contributed by atoms with Crippen molar-refractivity contribution in [2.45, 2.75) is 26.1 Å². The predicted octanol–water partition coefficient (Wildman–Crippen LogP) is 1.94. The Hall–Kier alpha value is -1.79. The second-order valence-corrected chi connectivity index (χ2v) is 3.55. The fourth-order valence-corrected chi connectivity index (χ4v) is 1.34. The minimum Gasteiger partial charge on any atom is -0.466 e. The molecule has 0 bridgehead atoms. The number of hydrogen-bond donors (Lipinski definition) is 1. The van der Waals surface area contributed by atoms with Crippen LogP contribution in [0.4, 0.5) is 13.2 Å². The van der Waals surface area contributed by atoms with Crippen molar-refractivity contribution >= 4 is 5.97 Å². The Labute approximate surface area is 102 Å². The molecule has 1 aromatic rings. The Morgan fingerprint density at radius 1 is 1.44 bits per heavy atom. The van der Waals surface area contributed by atoms with Crippen LogP contribution >= 0.6 is 0 Å². The van der Waals surface area contributed by atoms with E-state index in [0.29, 0.717) is 0 Å². The van der Waals surface area contributed by atoms with Gasteiger partial charge in [0.1, 0.15) is 5.49 Å². The molecule has 0 unspecified atom stereocenters. The Bertz CT molecular complexity index is 480. The quantitative estimate of drug-likeness (QED) is 0.843. The lowest BCUT2D eigenvalue weighted by Gasteiger charge is -2.11.